The van der Waals surface area contributed by atoms with Gasteiger partial charge in [0, 0.05) is 11.6 Å². The van der Waals surface area contributed by atoms with E-state index in [1.807, 2.05) is 0 Å². The number of phenols is 1. The van der Waals surface area contributed by atoms with Gasteiger partial charge in [0.15, 0.2) is 11.6 Å². The highest BCUT2D eigenvalue weighted by molar-refractivity contribution is 5.73. The van der Waals surface area contributed by atoms with E-state index in [1.165, 1.54) is 0 Å². The fourth-order valence-electron chi connectivity index (χ4n) is 0.982. The van der Waals surface area contributed by atoms with Crippen LogP contribution >= 0.6 is 0 Å². The van der Waals surface area contributed by atoms with E-state index in [0.717, 1.165) is 13.2 Å². The third kappa shape index (κ3) is 2.18. The van der Waals surface area contributed by atoms with Crippen LogP contribution in [0.1, 0.15) is 5.56 Å². The van der Waals surface area contributed by atoms with Crippen molar-refractivity contribution in [1.29, 1.82) is 0 Å². The van der Waals surface area contributed by atoms with E-state index in [-0.39, 0.29) is 12.0 Å². The normalized spacial score (nSPS) is 9.93. The van der Waals surface area contributed by atoms with Crippen LogP contribution in [0.25, 0.3) is 0 Å². The maximum absolute atomic E-state index is 12.8. The minimum absolute atomic E-state index is 0.130. The molecule has 0 saturated heterocycles. The van der Waals surface area contributed by atoms with Gasteiger partial charge in [0.25, 0.3) is 0 Å². The molecule has 0 unspecified atom stereocenters. The second-order valence-electron chi connectivity index (χ2n) is 2.65. The molecule has 0 aliphatic heterocycles. The lowest BCUT2D eigenvalue weighted by molar-refractivity contribution is -0.139. The molecule has 0 saturated carbocycles. The number of ether oxygens (including phenoxy) is 1. The number of methoxy groups -OCH3 is 1. The summed E-state index contributed by atoms with van der Waals surface area (Å²) in [5.74, 6) is -3.34. The van der Waals surface area contributed by atoms with Crippen LogP contribution in [0.2, 0.25) is 0 Å². The van der Waals surface area contributed by atoms with Gasteiger partial charge in [-0.2, -0.15) is 0 Å². The molecule has 1 aromatic rings. The van der Waals surface area contributed by atoms with Gasteiger partial charge in [-0.3, -0.25) is 4.79 Å². The van der Waals surface area contributed by atoms with Crippen molar-refractivity contribution in [3.05, 3.63) is 29.3 Å². The molecule has 0 spiro atoms. The first-order valence-electron chi connectivity index (χ1n) is 3.78. The molecule has 0 heterocycles. The summed E-state index contributed by atoms with van der Waals surface area (Å²) >= 11 is 0. The number of carbonyl (C=O) groups is 1. The summed E-state index contributed by atoms with van der Waals surface area (Å²) in [4.78, 5) is 10.8. The van der Waals surface area contributed by atoms with Crippen LogP contribution in [0.5, 0.6) is 5.75 Å². The molecule has 1 rings (SSSR count). The van der Waals surface area contributed by atoms with Crippen LogP contribution in [0, 0.1) is 11.6 Å². The highest BCUT2D eigenvalue weighted by Crippen LogP contribution is 2.23. The number of carbonyl (C=O) groups excluding carboxylic acids is 1. The van der Waals surface area contributed by atoms with Gasteiger partial charge in [0.1, 0.15) is 5.82 Å². The number of rotatable bonds is 2. The average molecular weight is 202 g/mol. The molecule has 0 atom stereocenters. The Hall–Kier alpha value is -1.65. The summed E-state index contributed by atoms with van der Waals surface area (Å²) in [7, 11) is 1.15. The fourth-order valence-corrected chi connectivity index (χ4v) is 0.982. The second-order valence-corrected chi connectivity index (χ2v) is 2.65. The lowest BCUT2D eigenvalue weighted by Gasteiger charge is -2.04. The lowest BCUT2D eigenvalue weighted by atomic mass is 10.1. The second kappa shape index (κ2) is 4.04. The SMILES string of the molecule is COC(=O)Cc1cc(F)cc(F)c1O. The van der Waals surface area contributed by atoms with Crippen molar-refractivity contribution >= 4 is 5.97 Å². The monoisotopic (exact) mass is 202 g/mol. The Labute approximate surface area is 78.9 Å². The molecule has 0 bridgehead atoms. The minimum Gasteiger partial charge on any atom is -0.505 e. The summed E-state index contributed by atoms with van der Waals surface area (Å²) in [5.41, 5.74) is -0.130. The largest absolute Gasteiger partial charge is 0.505 e. The van der Waals surface area contributed by atoms with Gasteiger partial charge in [-0.25, -0.2) is 8.78 Å². The Morgan fingerprint density at radius 3 is 2.71 bits per heavy atom. The molecule has 0 aliphatic carbocycles. The Balaban J connectivity index is 3.02. The number of halogens is 2. The van der Waals surface area contributed by atoms with Crippen molar-refractivity contribution in [3.8, 4) is 5.75 Å². The zero-order valence-electron chi connectivity index (χ0n) is 7.38. The molecule has 0 aromatic heterocycles. The zero-order chi connectivity index (χ0) is 10.7. The van der Waals surface area contributed by atoms with Gasteiger partial charge in [-0.05, 0) is 6.07 Å². The van der Waals surface area contributed by atoms with Gasteiger partial charge in [0.2, 0.25) is 0 Å². The van der Waals surface area contributed by atoms with Crippen LogP contribution in [0.3, 0.4) is 0 Å². The summed E-state index contributed by atoms with van der Waals surface area (Å²) < 4.78 is 29.7. The minimum atomic E-state index is -1.09. The van der Waals surface area contributed by atoms with Crippen molar-refractivity contribution in [2.45, 2.75) is 6.42 Å². The highest BCUT2D eigenvalue weighted by atomic mass is 19.1. The average Bonchev–Trinajstić information content (AvgIpc) is 2.13. The van der Waals surface area contributed by atoms with E-state index in [1.54, 1.807) is 0 Å². The van der Waals surface area contributed by atoms with Gasteiger partial charge >= 0.3 is 5.97 Å². The molecular weight excluding hydrogens is 194 g/mol. The van der Waals surface area contributed by atoms with E-state index in [2.05, 4.69) is 4.74 Å². The highest BCUT2D eigenvalue weighted by Gasteiger charge is 2.13. The van der Waals surface area contributed by atoms with Crippen LogP contribution < -0.4 is 0 Å². The van der Waals surface area contributed by atoms with Crippen LogP contribution in [0.15, 0.2) is 12.1 Å². The van der Waals surface area contributed by atoms with E-state index >= 15 is 0 Å². The standard InChI is InChI=1S/C9H8F2O3/c1-14-8(12)3-5-2-6(10)4-7(11)9(5)13/h2,4,13H,3H2,1H3. The molecular formula is C9H8F2O3. The molecule has 76 valence electrons. The molecule has 0 radical (unpaired) electrons. The first-order chi connectivity index (χ1) is 6.54. The number of phenolic OH excluding ortho intramolecular Hbond substituents is 1. The third-order valence-corrected chi connectivity index (χ3v) is 1.67. The van der Waals surface area contributed by atoms with Gasteiger partial charge < -0.3 is 9.84 Å². The van der Waals surface area contributed by atoms with Crippen molar-refractivity contribution in [1.82, 2.24) is 0 Å². The predicted molar refractivity (Wildman–Crippen MR) is 43.7 cm³/mol. The molecule has 3 nitrogen and oxygen atoms in total. The summed E-state index contributed by atoms with van der Waals surface area (Å²) in [5, 5.41) is 9.12. The van der Waals surface area contributed by atoms with E-state index in [9.17, 15) is 13.6 Å². The third-order valence-electron chi connectivity index (χ3n) is 1.67. The maximum Gasteiger partial charge on any atom is 0.310 e. The quantitative estimate of drug-likeness (QED) is 0.737. The summed E-state index contributed by atoms with van der Waals surface area (Å²) in [6.07, 6.45) is -0.364. The molecule has 1 aromatic carbocycles. The summed E-state index contributed by atoms with van der Waals surface area (Å²) in [6, 6.07) is 1.42. The molecule has 5 heteroatoms. The Morgan fingerprint density at radius 1 is 1.50 bits per heavy atom. The summed E-state index contributed by atoms with van der Waals surface area (Å²) in [6.45, 7) is 0. The molecule has 0 amide bonds. The van der Waals surface area contributed by atoms with Crippen molar-refractivity contribution in [3.63, 3.8) is 0 Å². The maximum atomic E-state index is 12.8. The Morgan fingerprint density at radius 2 is 2.14 bits per heavy atom. The number of benzene rings is 1. The van der Waals surface area contributed by atoms with E-state index in [4.69, 9.17) is 5.11 Å². The number of esters is 1. The smallest absolute Gasteiger partial charge is 0.310 e. The van der Waals surface area contributed by atoms with Crippen molar-refractivity contribution in [2.75, 3.05) is 7.11 Å². The topological polar surface area (TPSA) is 46.5 Å². The van der Waals surface area contributed by atoms with Gasteiger partial charge in [-0.15, -0.1) is 0 Å². The first-order valence-corrected chi connectivity index (χ1v) is 3.78. The van der Waals surface area contributed by atoms with Gasteiger partial charge in [0.05, 0.1) is 13.5 Å². The molecule has 1 N–H and O–H groups in total. The van der Waals surface area contributed by atoms with Crippen molar-refractivity contribution in [2.24, 2.45) is 0 Å². The Bertz CT molecular complexity index is 363. The zero-order valence-corrected chi connectivity index (χ0v) is 7.38. The predicted octanol–water partition coefficient (Wildman–Crippen LogP) is 1.39. The lowest BCUT2D eigenvalue weighted by Crippen LogP contribution is -2.05. The fraction of sp³-hybridized carbons (Fsp3) is 0.222. The first kappa shape index (κ1) is 10.4. The van der Waals surface area contributed by atoms with E-state index in [0.29, 0.717) is 6.07 Å². The molecule has 14 heavy (non-hydrogen) atoms. The van der Waals surface area contributed by atoms with Gasteiger partial charge in [-0.1, -0.05) is 0 Å². The Kier molecular flexibility index (Phi) is 3.01. The number of hydrogen-bond donors (Lipinski definition) is 1. The van der Waals surface area contributed by atoms with Crippen LogP contribution in [-0.2, 0) is 16.0 Å². The number of hydrogen-bond acceptors (Lipinski definition) is 3. The van der Waals surface area contributed by atoms with Crippen molar-refractivity contribution < 1.29 is 23.4 Å². The van der Waals surface area contributed by atoms with Crippen LogP contribution in [0.4, 0.5) is 8.78 Å². The number of aromatic hydroxyl groups is 1. The van der Waals surface area contributed by atoms with Crippen LogP contribution in [-0.4, -0.2) is 18.2 Å². The molecule has 0 aliphatic rings. The van der Waals surface area contributed by atoms with E-state index < -0.39 is 23.4 Å². The molecule has 0 fully saturated rings.